The predicted molar refractivity (Wildman–Crippen MR) is 95.0 cm³/mol. The second-order valence-electron chi connectivity index (χ2n) is 6.56. The van der Waals surface area contributed by atoms with E-state index in [1.807, 2.05) is 6.07 Å². The van der Waals surface area contributed by atoms with E-state index in [0.717, 1.165) is 11.1 Å². The minimum Gasteiger partial charge on any atom is -0.497 e. The highest BCUT2D eigenvalue weighted by Crippen LogP contribution is 2.29. The summed E-state index contributed by atoms with van der Waals surface area (Å²) >= 11 is 0. The fourth-order valence-corrected chi connectivity index (χ4v) is 3.12. The van der Waals surface area contributed by atoms with Crippen molar-refractivity contribution in [2.45, 2.75) is 32.1 Å². The van der Waals surface area contributed by atoms with E-state index in [-0.39, 0.29) is 12.3 Å². The van der Waals surface area contributed by atoms with Crippen LogP contribution in [0.3, 0.4) is 0 Å². The number of nitrogens with one attached hydrogen (secondary N) is 1. The molecule has 6 nitrogen and oxygen atoms in total. The zero-order valence-corrected chi connectivity index (χ0v) is 14.7. The van der Waals surface area contributed by atoms with Gasteiger partial charge >= 0.3 is 5.97 Å². The Morgan fingerprint density at radius 3 is 2.69 bits per heavy atom. The number of methoxy groups -OCH3 is 1. The highest BCUT2D eigenvalue weighted by molar-refractivity contribution is 5.95. The fraction of sp³-hybridized carbons (Fsp3) is 0.300. The van der Waals surface area contributed by atoms with Crippen molar-refractivity contribution in [1.82, 2.24) is 5.32 Å². The van der Waals surface area contributed by atoms with Crippen molar-refractivity contribution >= 4 is 11.9 Å². The maximum absolute atomic E-state index is 12.8. The molecule has 0 radical (unpaired) electrons. The molecule has 2 N–H and O–H groups in total. The summed E-state index contributed by atoms with van der Waals surface area (Å²) in [6, 6.07) is 12.5. The summed E-state index contributed by atoms with van der Waals surface area (Å²) in [4.78, 5) is 24.2. The highest BCUT2D eigenvalue weighted by Gasteiger charge is 2.32. The third-order valence-corrected chi connectivity index (χ3v) is 4.58. The molecule has 26 heavy (non-hydrogen) atoms. The lowest BCUT2D eigenvalue weighted by Crippen LogP contribution is -2.45. The molecule has 0 saturated heterocycles. The van der Waals surface area contributed by atoms with Crippen LogP contribution < -0.4 is 10.1 Å². The summed E-state index contributed by atoms with van der Waals surface area (Å²) in [5.41, 5.74) is 2.12. The van der Waals surface area contributed by atoms with Crippen LogP contribution in [0.15, 0.2) is 42.5 Å². The Kier molecular flexibility index (Phi) is 4.95. The summed E-state index contributed by atoms with van der Waals surface area (Å²) in [6.45, 7) is 2.74. The molecule has 3 rings (SSSR count). The molecule has 0 aromatic heterocycles. The van der Waals surface area contributed by atoms with Gasteiger partial charge in [0.25, 0.3) is 5.91 Å². The summed E-state index contributed by atoms with van der Waals surface area (Å²) < 4.78 is 10.6. The van der Waals surface area contributed by atoms with Crippen molar-refractivity contribution in [1.29, 1.82) is 0 Å². The van der Waals surface area contributed by atoms with Gasteiger partial charge in [-0.3, -0.25) is 9.59 Å². The number of carbonyl (C=O) groups is 2. The fourth-order valence-electron chi connectivity index (χ4n) is 3.12. The summed E-state index contributed by atoms with van der Waals surface area (Å²) in [5.74, 6) is -0.729. The molecule has 1 heterocycles. The Bertz CT molecular complexity index is 848. The number of fused-ring (bicyclic) bond motifs is 1. The van der Waals surface area contributed by atoms with Gasteiger partial charge in [0.05, 0.1) is 32.3 Å². The molecule has 0 spiro atoms. The summed E-state index contributed by atoms with van der Waals surface area (Å²) in [7, 11) is 1.54. The number of carboxylic acid groups (broad SMARTS) is 1. The van der Waals surface area contributed by atoms with Crippen LogP contribution in [0.1, 0.15) is 40.4 Å². The highest BCUT2D eigenvalue weighted by atomic mass is 16.5. The second kappa shape index (κ2) is 7.17. The first-order valence-electron chi connectivity index (χ1n) is 8.30. The number of carboxylic acids is 1. The summed E-state index contributed by atoms with van der Waals surface area (Å²) in [6.07, 6.45) is -0.250. The van der Waals surface area contributed by atoms with E-state index in [9.17, 15) is 14.7 Å². The van der Waals surface area contributed by atoms with Crippen molar-refractivity contribution in [3.63, 3.8) is 0 Å². The van der Waals surface area contributed by atoms with Crippen LogP contribution in [0.4, 0.5) is 0 Å². The van der Waals surface area contributed by atoms with Gasteiger partial charge in [-0.1, -0.05) is 18.2 Å². The second-order valence-corrected chi connectivity index (χ2v) is 6.56. The Balaban J connectivity index is 1.90. The lowest BCUT2D eigenvalue weighted by atomic mass is 9.88. The van der Waals surface area contributed by atoms with Gasteiger partial charge in [0.15, 0.2) is 0 Å². The van der Waals surface area contributed by atoms with Gasteiger partial charge in [-0.05, 0) is 47.9 Å². The molecule has 2 aromatic carbocycles. The molecule has 1 amide bonds. The summed E-state index contributed by atoms with van der Waals surface area (Å²) in [5, 5.41) is 12.2. The molecule has 1 atom stereocenters. The van der Waals surface area contributed by atoms with Crippen LogP contribution in [0, 0.1) is 0 Å². The average molecular weight is 355 g/mol. The molecule has 1 aliphatic rings. The number of benzene rings is 2. The van der Waals surface area contributed by atoms with E-state index in [1.54, 1.807) is 50.4 Å². The number of hydrogen-bond donors (Lipinski definition) is 2. The van der Waals surface area contributed by atoms with E-state index in [4.69, 9.17) is 9.47 Å². The Labute approximate surface area is 151 Å². The quantitative estimate of drug-likeness (QED) is 0.832. The zero-order valence-electron chi connectivity index (χ0n) is 14.7. The molecule has 0 aliphatic carbocycles. The number of hydrogen-bond acceptors (Lipinski definition) is 4. The van der Waals surface area contributed by atoms with Crippen molar-refractivity contribution < 1.29 is 24.2 Å². The van der Waals surface area contributed by atoms with Gasteiger partial charge in [-0.2, -0.15) is 0 Å². The normalized spacial score (nSPS) is 15.0. The maximum Gasteiger partial charge on any atom is 0.306 e. The third-order valence-electron chi connectivity index (χ3n) is 4.58. The Morgan fingerprint density at radius 2 is 1.96 bits per heavy atom. The van der Waals surface area contributed by atoms with Crippen molar-refractivity contribution in [3.8, 4) is 5.75 Å². The van der Waals surface area contributed by atoms with Gasteiger partial charge in [0, 0.05) is 5.56 Å². The maximum atomic E-state index is 12.8. The molecule has 2 aromatic rings. The monoisotopic (exact) mass is 355 g/mol. The van der Waals surface area contributed by atoms with Crippen LogP contribution in [-0.2, 0) is 28.3 Å². The molecule has 136 valence electrons. The van der Waals surface area contributed by atoms with Crippen LogP contribution in [0.25, 0.3) is 0 Å². The lowest BCUT2D eigenvalue weighted by Gasteiger charge is -2.30. The first kappa shape index (κ1) is 17.9. The smallest absolute Gasteiger partial charge is 0.306 e. The minimum atomic E-state index is -1.08. The van der Waals surface area contributed by atoms with Gasteiger partial charge < -0.3 is 19.9 Å². The SMILES string of the molecule is COc1cccc(C(C)(CC(=O)O)NC(=O)c2ccc3c(c2)COC3)c1. The Morgan fingerprint density at radius 1 is 1.19 bits per heavy atom. The largest absolute Gasteiger partial charge is 0.497 e. The first-order chi connectivity index (χ1) is 12.4. The topological polar surface area (TPSA) is 84.9 Å². The van der Waals surface area contributed by atoms with Gasteiger partial charge in [0.2, 0.25) is 0 Å². The first-order valence-corrected chi connectivity index (χ1v) is 8.30. The Hall–Kier alpha value is -2.86. The van der Waals surface area contributed by atoms with Crippen LogP contribution in [0.2, 0.25) is 0 Å². The molecule has 1 unspecified atom stereocenters. The predicted octanol–water partition coefficient (Wildman–Crippen LogP) is 2.85. The third kappa shape index (κ3) is 3.70. The standard InChI is InChI=1S/C20H21NO5/c1-20(10-18(22)23,16-4-3-5-17(9-16)25-2)21-19(24)13-6-7-14-11-26-12-15(14)8-13/h3-9H,10-12H2,1-2H3,(H,21,24)(H,22,23). The van der Waals surface area contributed by atoms with Crippen LogP contribution in [0.5, 0.6) is 5.75 Å². The number of ether oxygens (including phenoxy) is 2. The molecule has 0 fully saturated rings. The number of carbonyl (C=O) groups excluding carboxylic acids is 1. The molecule has 0 bridgehead atoms. The lowest BCUT2D eigenvalue weighted by molar-refractivity contribution is -0.138. The van der Waals surface area contributed by atoms with Crippen molar-refractivity contribution in [2.24, 2.45) is 0 Å². The van der Waals surface area contributed by atoms with E-state index in [0.29, 0.717) is 30.1 Å². The van der Waals surface area contributed by atoms with Gasteiger partial charge in [0.1, 0.15) is 5.75 Å². The number of aliphatic carboxylic acids is 1. The average Bonchev–Trinajstić information content (AvgIpc) is 3.08. The molecular weight excluding hydrogens is 334 g/mol. The van der Waals surface area contributed by atoms with Crippen molar-refractivity contribution in [2.75, 3.05) is 7.11 Å². The van der Waals surface area contributed by atoms with E-state index in [1.165, 1.54) is 0 Å². The van der Waals surface area contributed by atoms with Crippen molar-refractivity contribution in [3.05, 3.63) is 64.7 Å². The van der Waals surface area contributed by atoms with Crippen LogP contribution in [-0.4, -0.2) is 24.1 Å². The number of amides is 1. The molecular formula is C20H21NO5. The minimum absolute atomic E-state index is 0.250. The number of rotatable bonds is 6. The molecule has 6 heteroatoms. The van der Waals surface area contributed by atoms with E-state index >= 15 is 0 Å². The van der Waals surface area contributed by atoms with Gasteiger partial charge in [-0.25, -0.2) is 0 Å². The molecule has 0 saturated carbocycles. The van der Waals surface area contributed by atoms with Crippen LogP contribution >= 0.6 is 0 Å². The zero-order chi connectivity index (χ0) is 18.7. The van der Waals surface area contributed by atoms with E-state index < -0.39 is 11.5 Å². The van der Waals surface area contributed by atoms with E-state index in [2.05, 4.69) is 5.32 Å². The molecule has 1 aliphatic heterocycles. The van der Waals surface area contributed by atoms with Gasteiger partial charge in [-0.15, -0.1) is 0 Å².